The van der Waals surface area contributed by atoms with Gasteiger partial charge in [0, 0.05) is 12.6 Å². The fraction of sp³-hybridized carbons (Fsp3) is 0.636. The SMILES string of the molecule is CCC(CC)C(O)CNc1cc(F)ncn1. The number of hydrogen-bond donors (Lipinski definition) is 2. The summed E-state index contributed by atoms with van der Waals surface area (Å²) in [5.41, 5.74) is 0. The zero-order valence-corrected chi connectivity index (χ0v) is 9.65. The maximum absolute atomic E-state index is 12.7. The Hall–Kier alpha value is -1.23. The molecule has 0 radical (unpaired) electrons. The van der Waals surface area contributed by atoms with Gasteiger partial charge in [0.2, 0.25) is 5.95 Å². The van der Waals surface area contributed by atoms with Gasteiger partial charge in [-0.1, -0.05) is 26.7 Å². The third-order valence-corrected chi connectivity index (χ3v) is 2.72. The number of anilines is 1. The van der Waals surface area contributed by atoms with Gasteiger partial charge in [-0.05, 0) is 5.92 Å². The summed E-state index contributed by atoms with van der Waals surface area (Å²) in [5.74, 6) is 0.0891. The van der Waals surface area contributed by atoms with E-state index in [9.17, 15) is 9.50 Å². The van der Waals surface area contributed by atoms with Gasteiger partial charge in [0.1, 0.15) is 12.1 Å². The minimum atomic E-state index is -0.575. The highest BCUT2D eigenvalue weighted by molar-refractivity contribution is 5.32. The quantitative estimate of drug-likeness (QED) is 0.728. The van der Waals surface area contributed by atoms with Crippen LogP contribution in [-0.4, -0.2) is 27.7 Å². The van der Waals surface area contributed by atoms with Crippen molar-refractivity contribution in [1.29, 1.82) is 0 Å². The van der Waals surface area contributed by atoms with Crippen LogP contribution in [0.2, 0.25) is 0 Å². The molecule has 0 aliphatic carbocycles. The van der Waals surface area contributed by atoms with Gasteiger partial charge in [0.15, 0.2) is 0 Å². The van der Waals surface area contributed by atoms with Crippen molar-refractivity contribution < 1.29 is 9.50 Å². The highest BCUT2D eigenvalue weighted by atomic mass is 19.1. The van der Waals surface area contributed by atoms with E-state index in [1.807, 2.05) is 13.8 Å². The van der Waals surface area contributed by atoms with Crippen LogP contribution < -0.4 is 5.32 Å². The van der Waals surface area contributed by atoms with Crippen molar-refractivity contribution in [2.24, 2.45) is 5.92 Å². The van der Waals surface area contributed by atoms with E-state index >= 15 is 0 Å². The molecule has 5 heteroatoms. The molecule has 90 valence electrons. The number of hydrogen-bond acceptors (Lipinski definition) is 4. The summed E-state index contributed by atoms with van der Waals surface area (Å²) in [4.78, 5) is 7.20. The lowest BCUT2D eigenvalue weighted by Gasteiger charge is -2.20. The summed E-state index contributed by atoms with van der Waals surface area (Å²) < 4.78 is 12.7. The van der Waals surface area contributed by atoms with Crippen molar-refractivity contribution in [1.82, 2.24) is 9.97 Å². The first-order valence-electron chi connectivity index (χ1n) is 5.56. The highest BCUT2D eigenvalue weighted by Gasteiger charge is 2.15. The Morgan fingerprint density at radius 2 is 2.06 bits per heavy atom. The van der Waals surface area contributed by atoms with Crippen LogP contribution in [0.25, 0.3) is 0 Å². The first kappa shape index (κ1) is 12.8. The zero-order valence-electron chi connectivity index (χ0n) is 9.65. The third kappa shape index (κ3) is 3.73. The average molecular weight is 227 g/mol. The van der Waals surface area contributed by atoms with Gasteiger partial charge in [-0.3, -0.25) is 0 Å². The molecule has 1 heterocycles. The lowest BCUT2D eigenvalue weighted by molar-refractivity contribution is 0.114. The van der Waals surface area contributed by atoms with Gasteiger partial charge >= 0.3 is 0 Å². The van der Waals surface area contributed by atoms with Gasteiger partial charge < -0.3 is 10.4 Å². The Labute approximate surface area is 94.9 Å². The number of nitrogens with zero attached hydrogens (tertiary/aromatic N) is 2. The van der Waals surface area contributed by atoms with Gasteiger partial charge in [-0.15, -0.1) is 0 Å². The second-order valence-electron chi connectivity index (χ2n) is 3.75. The predicted octanol–water partition coefficient (Wildman–Crippen LogP) is 1.82. The van der Waals surface area contributed by atoms with Crippen LogP contribution in [0.5, 0.6) is 0 Å². The number of aliphatic hydroxyl groups is 1. The summed E-state index contributed by atoms with van der Waals surface area (Å²) in [6, 6.07) is 1.21. The first-order chi connectivity index (χ1) is 7.67. The van der Waals surface area contributed by atoms with Crippen molar-refractivity contribution in [3.8, 4) is 0 Å². The Bertz CT molecular complexity index is 318. The predicted molar refractivity (Wildman–Crippen MR) is 60.6 cm³/mol. The van der Waals surface area contributed by atoms with Gasteiger partial charge in [0.05, 0.1) is 6.10 Å². The second kappa shape index (κ2) is 6.37. The van der Waals surface area contributed by atoms with Gasteiger partial charge in [-0.2, -0.15) is 4.39 Å². The molecule has 2 N–H and O–H groups in total. The molecule has 1 aromatic rings. The fourth-order valence-corrected chi connectivity index (χ4v) is 1.64. The van der Waals surface area contributed by atoms with Crippen molar-refractivity contribution in [2.45, 2.75) is 32.8 Å². The summed E-state index contributed by atoms with van der Waals surface area (Å²) >= 11 is 0. The Balaban J connectivity index is 2.45. The molecule has 0 aliphatic heterocycles. The minimum absolute atomic E-state index is 0.263. The summed E-state index contributed by atoms with van der Waals surface area (Å²) in [7, 11) is 0. The maximum atomic E-state index is 12.7. The minimum Gasteiger partial charge on any atom is -0.391 e. The molecular weight excluding hydrogens is 209 g/mol. The molecule has 0 amide bonds. The largest absolute Gasteiger partial charge is 0.391 e. The van der Waals surface area contributed by atoms with E-state index < -0.39 is 12.1 Å². The standard InChI is InChI=1S/C11H18FN3O/c1-3-8(4-2)9(16)6-13-11-5-10(12)14-7-15-11/h5,7-9,16H,3-4,6H2,1-2H3,(H,13,14,15). The second-order valence-corrected chi connectivity index (χ2v) is 3.75. The number of halogens is 1. The molecule has 0 spiro atoms. The average Bonchev–Trinajstić information content (AvgIpc) is 2.28. The molecule has 0 aromatic carbocycles. The van der Waals surface area contributed by atoms with Crippen LogP contribution in [0.15, 0.2) is 12.4 Å². The van der Waals surface area contributed by atoms with E-state index in [1.54, 1.807) is 0 Å². The molecule has 16 heavy (non-hydrogen) atoms. The molecule has 0 saturated heterocycles. The van der Waals surface area contributed by atoms with E-state index in [4.69, 9.17) is 0 Å². The van der Waals surface area contributed by atoms with E-state index in [1.165, 1.54) is 6.07 Å². The van der Waals surface area contributed by atoms with Crippen molar-refractivity contribution in [2.75, 3.05) is 11.9 Å². The topological polar surface area (TPSA) is 58.0 Å². The van der Waals surface area contributed by atoms with Crippen LogP contribution in [0.1, 0.15) is 26.7 Å². The van der Waals surface area contributed by atoms with E-state index in [2.05, 4.69) is 15.3 Å². The molecular formula is C11H18FN3O. The summed E-state index contributed by atoms with van der Waals surface area (Å²) in [6.07, 6.45) is 2.57. The summed E-state index contributed by atoms with van der Waals surface area (Å²) in [5, 5.41) is 12.7. The van der Waals surface area contributed by atoms with E-state index in [0.717, 1.165) is 19.2 Å². The first-order valence-corrected chi connectivity index (χ1v) is 5.56. The molecule has 1 unspecified atom stereocenters. The van der Waals surface area contributed by atoms with Crippen LogP contribution in [0.4, 0.5) is 10.2 Å². The normalized spacial score (nSPS) is 12.8. The molecule has 1 aromatic heterocycles. The number of aromatic nitrogens is 2. The molecule has 1 atom stereocenters. The highest BCUT2D eigenvalue weighted by Crippen LogP contribution is 2.13. The molecule has 4 nitrogen and oxygen atoms in total. The maximum Gasteiger partial charge on any atom is 0.217 e. The monoisotopic (exact) mass is 227 g/mol. The molecule has 0 bridgehead atoms. The van der Waals surface area contributed by atoms with E-state index in [0.29, 0.717) is 12.4 Å². The van der Waals surface area contributed by atoms with Gasteiger partial charge in [-0.25, -0.2) is 9.97 Å². The Morgan fingerprint density at radius 3 is 2.62 bits per heavy atom. The van der Waals surface area contributed by atoms with Gasteiger partial charge in [0.25, 0.3) is 0 Å². The Kier molecular flexibility index (Phi) is 5.11. The molecule has 1 rings (SSSR count). The lowest BCUT2D eigenvalue weighted by Crippen LogP contribution is -2.28. The van der Waals surface area contributed by atoms with Crippen LogP contribution >= 0.6 is 0 Å². The van der Waals surface area contributed by atoms with Crippen molar-refractivity contribution in [3.63, 3.8) is 0 Å². The Morgan fingerprint density at radius 1 is 1.38 bits per heavy atom. The molecule has 0 aliphatic rings. The van der Waals surface area contributed by atoms with Crippen molar-refractivity contribution in [3.05, 3.63) is 18.3 Å². The third-order valence-electron chi connectivity index (χ3n) is 2.72. The number of rotatable bonds is 6. The molecule has 0 saturated carbocycles. The van der Waals surface area contributed by atoms with Crippen LogP contribution in [0.3, 0.4) is 0 Å². The van der Waals surface area contributed by atoms with Crippen molar-refractivity contribution >= 4 is 5.82 Å². The lowest BCUT2D eigenvalue weighted by atomic mass is 9.97. The number of aliphatic hydroxyl groups excluding tert-OH is 1. The molecule has 0 fully saturated rings. The zero-order chi connectivity index (χ0) is 12.0. The van der Waals surface area contributed by atoms with Crippen LogP contribution in [0, 0.1) is 11.9 Å². The van der Waals surface area contributed by atoms with Crippen LogP contribution in [-0.2, 0) is 0 Å². The summed E-state index contributed by atoms with van der Waals surface area (Å²) in [6.45, 7) is 4.46. The fourth-order valence-electron chi connectivity index (χ4n) is 1.64. The smallest absolute Gasteiger partial charge is 0.217 e. The number of nitrogens with one attached hydrogen (secondary N) is 1. The van der Waals surface area contributed by atoms with E-state index in [-0.39, 0.29) is 5.92 Å².